The second-order valence-electron chi connectivity index (χ2n) is 6.09. The van der Waals surface area contributed by atoms with Crippen LogP contribution in [0.1, 0.15) is 117 Å². The summed E-state index contributed by atoms with van der Waals surface area (Å²) in [6, 6.07) is 0. The highest BCUT2D eigenvalue weighted by Crippen LogP contribution is 2.13. The Balaban J connectivity index is -0.00000180. The fourth-order valence-electron chi connectivity index (χ4n) is 2.65. The van der Waals surface area contributed by atoms with Crippen LogP contribution in [-0.4, -0.2) is 11.1 Å². The van der Waals surface area contributed by atoms with E-state index in [9.17, 15) is 4.79 Å². The van der Waals surface area contributed by atoms with E-state index in [1.165, 1.54) is 83.5 Å². The zero-order valence-corrected chi connectivity index (χ0v) is 15.2. The Morgan fingerprint density at radius 2 is 0.909 bits per heavy atom. The molecule has 136 valence electrons. The molecule has 0 atom stereocenters. The van der Waals surface area contributed by atoms with Crippen LogP contribution in [0.4, 0.5) is 0 Å². The maximum absolute atomic E-state index is 10.3. The van der Waals surface area contributed by atoms with Crippen molar-refractivity contribution in [2.75, 3.05) is 0 Å². The number of hydrogen-bond acceptors (Lipinski definition) is 1. The molecular weight excluding hydrogens is 292 g/mol. The molecular formula is C19H42O2S. The topological polar surface area (TPSA) is 37.3 Å². The van der Waals surface area contributed by atoms with Gasteiger partial charge >= 0.3 is 5.97 Å². The molecule has 0 unspecified atom stereocenters. The highest BCUT2D eigenvalue weighted by molar-refractivity contribution is 7.59. The smallest absolute Gasteiger partial charge is 0.303 e. The third-order valence-corrected chi connectivity index (χ3v) is 3.99. The molecule has 0 aliphatic rings. The van der Waals surface area contributed by atoms with Crippen molar-refractivity contribution in [1.82, 2.24) is 0 Å². The second kappa shape index (κ2) is 23.1. The minimum Gasteiger partial charge on any atom is -0.481 e. The first-order valence-electron chi connectivity index (χ1n) is 8.99. The van der Waals surface area contributed by atoms with Gasteiger partial charge in [0.25, 0.3) is 0 Å². The summed E-state index contributed by atoms with van der Waals surface area (Å²) in [7, 11) is 0. The fraction of sp³-hybridized carbons (Fsp3) is 0.947. The second-order valence-corrected chi connectivity index (χ2v) is 6.09. The Bertz CT molecular complexity index is 208. The molecule has 0 rings (SSSR count). The monoisotopic (exact) mass is 334 g/mol. The molecule has 0 aromatic rings. The van der Waals surface area contributed by atoms with E-state index in [4.69, 9.17) is 5.11 Å². The third-order valence-electron chi connectivity index (χ3n) is 3.99. The lowest BCUT2D eigenvalue weighted by Crippen LogP contribution is -1.93. The summed E-state index contributed by atoms with van der Waals surface area (Å²) in [4.78, 5) is 10.3. The molecule has 3 heteroatoms. The number of carboxylic acid groups (broad SMARTS) is 1. The quantitative estimate of drug-likeness (QED) is 0.306. The Kier molecular flexibility index (Phi) is 28.0. The highest BCUT2D eigenvalue weighted by atomic mass is 32.1. The molecule has 1 N–H and O–H groups in total. The minimum atomic E-state index is -0.653. The molecule has 22 heavy (non-hydrogen) atoms. The standard InChI is InChI=1S/C18H36O2.CH4.H2S/c1-2-3-4-5-6-7-8-9-10-11-12-13-14-15-16-17-18(19)20;;/h2-17H2,1H3,(H,19,20);1H4;1H2. The predicted octanol–water partition coefficient (Wildman–Crippen LogP) is 7.08. The van der Waals surface area contributed by atoms with E-state index in [0.29, 0.717) is 6.42 Å². The van der Waals surface area contributed by atoms with Crippen molar-refractivity contribution in [2.45, 2.75) is 117 Å². The molecule has 0 spiro atoms. The molecule has 0 aromatic heterocycles. The van der Waals surface area contributed by atoms with Gasteiger partial charge in [0.05, 0.1) is 0 Å². The van der Waals surface area contributed by atoms with Gasteiger partial charge in [-0.25, -0.2) is 0 Å². The lowest BCUT2D eigenvalue weighted by Gasteiger charge is -2.03. The molecule has 0 saturated heterocycles. The lowest BCUT2D eigenvalue weighted by atomic mass is 10.0. The summed E-state index contributed by atoms with van der Waals surface area (Å²) >= 11 is 0. The first-order chi connectivity index (χ1) is 9.77. The van der Waals surface area contributed by atoms with E-state index >= 15 is 0 Å². The largest absolute Gasteiger partial charge is 0.481 e. The molecule has 0 saturated carbocycles. The van der Waals surface area contributed by atoms with Gasteiger partial charge in [0.2, 0.25) is 0 Å². The Morgan fingerprint density at radius 1 is 0.636 bits per heavy atom. The van der Waals surface area contributed by atoms with Crippen LogP contribution in [-0.2, 0) is 4.79 Å². The molecule has 0 aliphatic heterocycles. The van der Waals surface area contributed by atoms with Gasteiger partial charge in [0, 0.05) is 6.42 Å². The van der Waals surface area contributed by atoms with Crippen LogP contribution >= 0.6 is 13.5 Å². The molecule has 0 aromatic carbocycles. The lowest BCUT2D eigenvalue weighted by molar-refractivity contribution is -0.137. The van der Waals surface area contributed by atoms with Crippen molar-refractivity contribution in [1.29, 1.82) is 0 Å². The number of rotatable bonds is 16. The predicted molar refractivity (Wildman–Crippen MR) is 104 cm³/mol. The fourth-order valence-corrected chi connectivity index (χ4v) is 2.65. The number of carboxylic acids is 1. The van der Waals surface area contributed by atoms with Crippen LogP contribution in [0, 0.1) is 0 Å². The van der Waals surface area contributed by atoms with Crippen molar-refractivity contribution in [2.24, 2.45) is 0 Å². The van der Waals surface area contributed by atoms with Gasteiger partial charge in [-0.2, -0.15) is 13.5 Å². The van der Waals surface area contributed by atoms with Crippen molar-refractivity contribution >= 4 is 19.5 Å². The Morgan fingerprint density at radius 3 is 1.18 bits per heavy atom. The summed E-state index contributed by atoms with van der Waals surface area (Å²) in [5.41, 5.74) is 0. The average Bonchev–Trinajstić information content (AvgIpc) is 2.43. The zero-order valence-electron chi connectivity index (χ0n) is 14.2. The van der Waals surface area contributed by atoms with Gasteiger partial charge in [0.1, 0.15) is 0 Å². The maximum atomic E-state index is 10.3. The molecule has 0 aliphatic carbocycles. The molecule has 0 amide bonds. The van der Waals surface area contributed by atoms with E-state index in [-0.39, 0.29) is 20.9 Å². The summed E-state index contributed by atoms with van der Waals surface area (Å²) in [6.45, 7) is 2.27. The van der Waals surface area contributed by atoms with E-state index in [2.05, 4.69) is 6.92 Å². The van der Waals surface area contributed by atoms with E-state index in [1.807, 2.05) is 0 Å². The van der Waals surface area contributed by atoms with Crippen LogP contribution in [0.5, 0.6) is 0 Å². The Hall–Kier alpha value is -0.180. The number of carbonyl (C=O) groups is 1. The highest BCUT2D eigenvalue weighted by Gasteiger charge is 1.97. The first kappa shape index (κ1) is 26.7. The third kappa shape index (κ3) is 24.8. The van der Waals surface area contributed by atoms with Crippen LogP contribution in [0.15, 0.2) is 0 Å². The molecule has 0 heterocycles. The first-order valence-corrected chi connectivity index (χ1v) is 8.99. The van der Waals surface area contributed by atoms with Gasteiger partial charge in [-0.3, -0.25) is 4.79 Å². The summed E-state index contributed by atoms with van der Waals surface area (Å²) < 4.78 is 0. The average molecular weight is 335 g/mol. The number of hydrogen-bond donors (Lipinski definition) is 1. The summed E-state index contributed by atoms with van der Waals surface area (Å²) in [6.07, 6.45) is 20.2. The van der Waals surface area contributed by atoms with Crippen molar-refractivity contribution in [3.05, 3.63) is 0 Å². The molecule has 0 radical (unpaired) electrons. The normalized spacial score (nSPS) is 9.86. The van der Waals surface area contributed by atoms with Gasteiger partial charge < -0.3 is 5.11 Å². The molecule has 0 fully saturated rings. The van der Waals surface area contributed by atoms with Gasteiger partial charge in [-0.1, -0.05) is 104 Å². The van der Waals surface area contributed by atoms with Crippen molar-refractivity contribution < 1.29 is 9.90 Å². The van der Waals surface area contributed by atoms with Crippen LogP contribution < -0.4 is 0 Å². The summed E-state index contributed by atoms with van der Waals surface area (Å²) in [5.74, 6) is -0.653. The van der Waals surface area contributed by atoms with Gasteiger partial charge in [-0.15, -0.1) is 0 Å². The maximum Gasteiger partial charge on any atom is 0.303 e. The van der Waals surface area contributed by atoms with Crippen LogP contribution in [0.2, 0.25) is 0 Å². The van der Waals surface area contributed by atoms with Gasteiger partial charge in [-0.05, 0) is 6.42 Å². The van der Waals surface area contributed by atoms with Crippen LogP contribution in [0.3, 0.4) is 0 Å². The van der Waals surface area contributed by atoms with Gasteiger partial charge in [0.15, 0.2) is 0 Å². The SMILES string of the molecule is C.CCCCCCCCCCCCCCCCCC(=O)O.S. The van der Waals surface area contributed by atoms with E-state index in [1.54, 1.807) is 0 Å². The molecule has 2 nitrogen and oxygen atoms in total. The zero-order chi connectivity index (χ0) is 14.9. The Labute approximate surface area is 146 Å². The minimum absolute atomic E-state index is 0. The number of aliphatic carboxylic acids is 1. The number of unbranched alkanes of at least 4 members (excludes halogenated alkanes) is 14. The van der Waals surface area contributed by atoms with Crippen molar-refractivity contribution in [3.63, 3.8) is 0 Å². The van der Waals surface area contributed by atoms with E-state index < -0.39 is 5.97 Å². The molecule has 0 bridgehead atoms. The van der Waals surface area contributed by atoms with Crippen molar-refractivity contribution in [3.8, 4) is 0 Å². The summed E-state index contributed by atoms with van der Waals surface area (Å²) in [5, 5.41) is 8.52. The van der Waals surface area contributed by atoms with E-state index in [0.717, 1.165) is 12.8 Å². The van der Waals surface area contributed by atoms with Crippen LogP contribution in [0.25, 0.3) is 0 Å².